The number of carbonyl (C=O) groups excluding carboxylic acids is 1. The highest BCUT2D eigenvalue weighted by molar-refractivity contribution is 7.99. The molecule has 0 spiro atoms. The average molecular weight is 326 g/mol. The van der Waals surface area contributed by atoms with Crippen molar-refractivity contribution in [2.45, 2.75) is 30.8 Å². The predicted octanol–water partition coefficient (Wildman–Crippen LogP) is 3.55. The first-order valence-electron chi connectivity index (χ1n) is 7.10. The molecule has 1 heterocycles. The molecule has 118 valence electrons. The Morgan fingerprint density at radius 1 is 1.50 bits per heavy atom. The lowest BCUT2D eigenvalue weighted by Gasteiger charge is -2.08. The van der Waals surface area contributed by atoms with Crippen LogP contribution in [-0.2, 0) is 16.1 Å². The van der Waals surface area contributed by atoms with E-state index >= 15 is 0 Å². The van der Waals surface area contributed by atoms with Gasteiger partial charge in [-0.15, -0.1) is 0 Å². The van der Waals surface area contributed by atoms with Crippen LogP contribution in [0.15, 0.2) is 29.4 Å². The van der Waals surface area contributed by atoms with Crippen molar-refractivity contribution in [3.8, 4) is 0 Å². The number of imidazole rings is 1. The summed E-state index contributed by atoms with van der Waals surface area (Å²) in [6.07, 6.45) is 1.08. The Kier molecular flexibility index (Phi) is 4.33. The van der Waals surface area contributed by atoms with Gasteiger partial charge >= 0.3 is 5.97 Å². The zero-order chi connectivity index (χ0) is 15.7. The number of halogens is 2. The molecule has 3 rings (SSSR count). The minimum Gasteiger partial charge on any atom is -0.464 e. The maximum absolute atomic E-state index is 12.7. The lowest BCUT2D eigenvalue weighted by Crippen LogP contribution is -2.16. The smallest absolute Gasteiger partial charge is 0.326 e. The Morgan fingerprint density at radius 2 is 2.23 bits per heavy atom. The standard InChI is InChI=1S/C15H16F2N2O2S/c1-9-6-10(9)8-21-13(20)7-19-12-5-3-2-4-11(12)18-15(19)22-14(16)17/h2-5,9-10,14H,6-8H2,1H3. The van der Waals surface area contributed by atoms with Gasteiger partial charge < -0.3 is 9.30 Å². The summed E-state index contributed by atoms with van der Waals surface area (Å²) >= 11 is 0.341. The molecule has 1 aromatic heterocycles. The number of hydrogen-bond donors (Lipinski definition) is 0. The van der Waals surface area contributed by atoms with E-state index in [4.69, 9.17) is 4.74 Å². The molecule has 2 atom stereocenters. The van der Waals surface area contributed by atoms with E-state index < -0.39 is 11.7 Å². The fourth-order valence-corrected chi connectivity index (χ4v) is 2.98. The Morgan fingerprint density at radius 3 is 2.91 bits per heavy atom. The van der Waals surface area contributed by atoms with Gasteiger partial charge in [0, 0.05) is 0 Å². The number of nitrogens with zero attached hydrogens (tertiary/aromatic N) is 2. The summed E-state index contributed by atoms with van der Waals surface area (Å²) in [5.41, 5.74) is 1.25. The van der Waals surface area contributed by atoms with Crippen LogP contribution in [0.4, 0.5) is 8.78 Å². The Labute approximate surface area is 130 Å². The third-order valence-corrected chi connectivity index (χ3v) is 4.54. The monoisotopic (exact) mass is 326 g/mol. The summed E-state index contributed by atoms with van der Waals surface area (Å²) in [5.74, 6) is -1.96. The number of fused-ring (bicyclic) bond motifs is 1. The molecular weight excluding hydrogens is 310 g/mol. The fraction of sp³-hybridized carbons (Fsp3) is 0.467. The van der Waals surface area contributed by atoms with Crippen LogP contribution in [0.25, 0.3) is 11.0 Å². The molecule has 0 N–H and O–H groups in total. The summed E-state index contributed by atoms with van der Waals surface area (Å²) in [7, 11) is 0. The number of thioether (sulfide) groups is 1. The van der Waals surface area contributed by atoms with Crippen molar-refractivity contribution in [3.05, 3.63) is 24.3 Å². The second kappa shape index (κ2) is 6.24. The van der Waals surface area contributed by atoms with Crippen LogP contribution in [0.3, 0.4) is 0 Å². The normalized spacial score (nSPS) is 20.5. The van der Waals surface area contributed by atoms with Gasteiger partial charge in [0.2, 0.25) is 0 Å². The summed E-state index contributed by atoms with van der Waals surface area (Å²) in [5, 5.41) is 0.132. The Hall–Kier alpha value is -1.63. The van der Waals surface area contributed by atoms with Crippen molar-refractivity contribution in [3.63, 3.8) is 0 Å². The van der Waals surface area contributed by atoms with Crippen molar-refractivity contribution >= 4 is 28.8 Å². The van der Waals surface area contributed by atoms with Crippen molar-refractivity contribution in [1.82, 2.24) is 9.55 Å². The molecule has 2 aromatic rings. The lowest BCUT2D eigenvalue weighted by molar-refractivity contribution is -0.145. The van der Waals surface area contributed by atoms with Gasteiger partial charge in [-0.25, -0.2) is 4.98 Å². The second-order valence-corrected chi connectivity index (χ2v) is 6.46. The summed E-state index contributed by atoms with van der Waals surface area (Å²) in [4.78, 5) is 16.1. The molecule has 0 amide bonds. The molecule has 0 radical (unpaired) electrons. The first-order valence-corrected chi connectivity index (χ1v) is 7.98. The Bertz CT molecular complexity index is 689. The number of esters is 1. The van der Waals surface area contributed by atoms with Crippen molar-refractivity contribution < 1.29 is 18.3 Å². The SMILES string of the molecule is CC1CC1COC(=O)Cn1c(SC(F)F)nc2ccccc21. The highest BCUT2D eigenvalue weighted by atomic mass is 32.2. The van der Waals surface area contributed by atoms with Crippen LogP contribution < -0.4 is 0 Å². The van der Waals surface area contributed by atoms with E-state index in [0.29, 0.717) is 41.2 Å². The predicted molar refractivity (Wildman–Crippen MR) is 79.8 cm³/mol. The van der Waals surface area contributed by atoms with Gasteiger partial charge in [-0.2, -0.15) is 8.78 Å². The fourth-order valence-electron chi connectivity index (χ4n) is 2.38. The number of alkyl halides is 2. The highest BCUT2D eigenvalue weighted by Crippen LogP contribution is 2.37. The number of rotatable bonds is 6. The van der Waals surface area contributed by atoms with E-state index in [9.17, 15) is 13.6 Å². The summed E-state index contributed by atoms with van der Waals surface area (Å²) < 4.78 is 32.1. The maximum atomic E-state index is 12.7. The molecule has 2 unspecified atom stereocenters. The van der Waals surface area contributed by atoms with Gasteiger partial charge in [-0.05, 0) is 42.2 Å². The van der Waals surface area contributed by atoms with Crippen LogP contribution in [0.5, 0.6) is 0 Å². The molecule has 7 heteroatoms. The largest absolute Gasteiger partial charge is 0.464 e. The van der Waals surface area contributed by atoms with Crippen LogP contribution in [-0.4, -0.2) is 27.9 Å². The number of hydrogen-bond acceptors (Lipinski definition) is 4. The Balaban J connectivity index is 1.76. The topological polar surface area (TPSA) is 44.1 Å². The first-order chi connectivity index (χ1) is 10.5. The van der Waals surface area contributed by atoms with Gasteiger partial charge in [0.15, 0.2) is 5.16 Å². The van der Waals surface area contributed by atoms with Crippen LogP contribution in [0, 0.1) is 11.8 Å². The lowest BCUT2D eigenvalue weighted by atomic mass is 10.3. The van der Waals surface area contributed by atoms with Crippen molar-refractivity contribution in [1.29, 1.82) is 0 Å². The number of para-hydroxylation sites is 2. The molecule has 1 fully saturated rings. The molecule has 1 aliphatic rings. The highest BCUT2D eigenvalue weighted by Gasteiger charge is 2.33. The molecule has 22 heavy (non-hydrogen) atoms. The molecule has 0 bridgehead atoms. The van der Waals surface area contributed by atoms with Gasteiger partial charge in [-0.3, -0.25) is 4.79 Å². The minimum atomic E-state index is -2.58. The maximum Gasteiger partial charge on any atom is 0.326 e. The van der Waals surface area contributed by atoms with Gasteiger partial charge in [0.25, 0.3) is 5.76 Å². The summed E-state index contributed by atoms with van der Waals surface area (Å²) in [6, 6.07) is 7.06. The summed E-state index contributed by atoms with van der Waals surface area (Å²) in [6.45, 7) is 2.42. The number of ether oxygens (including phenoxy) is 1. The molecule has 1 aliphatic carbocycles. The third-order valence-electron chi connectivity index (χ3n) is 3.84. The van der Waals surface area contributed by atoms with E-state index in [2.05, 4.69) is 11.9 Å². The molecule has 1 saturated carbocycles. The van der Waals surface area contributed by atoms with E-state index in [1.54, 1.807) is 24.3 Å². The number of carbonyl (C=O) groups is 1. The van der Waals surface area contributed by atoms with Gasteiger partial charge in [-0.1, -0.05) is 19.1 Å². The van der Waals surface area contributed by atoms with Gasteiger partial charge in [0.05, 0.1) is 17.6 Å². The molecule has 0 saturated heterocycles. The van der Waals surface area contributed by atoms with E-state index in [1.165, 1.54) is 4.57 Å². The number of aromatic nitrogens is 2. The van der Waals surface area contributed by atoms with E-state index in [0.717, 1.165) is 6.42 Å². The van der Waals surface area contributed by atoms with Crippen LogP contribution in [0.1, 0.15) is 13.3 Å². The number of benzene rings is 1. The van der Waals surface area contributed by atoms with Gasteiger partial charge in [0.1, 0.15) is 6.54 Å². The molecule has 4 nitrogen and oxygen atoms in total. The zero-order valence-corrected chi connectivity index (χ0v) is 12.9. The molecular formula is C15H16F2N2O2S. The van der Waals surface area contributed by atoms with E-state index in [1.807, 2.05) is 0 Å². The zero-order valence-electron chi connectivity index (χ0n) is 12.0. The molecule has 0 aliphatic heterocycles. The second-order valence-electron chi connectivity index (χ2n) is 5.50. The van der Waals surface area contributed by atoms with E-state index in [-0.39, 0.29) is 11.7 Å². The quantitative estimate of drug-likeness (QED) is 0.601. The van der Waals surface area contributed by atoms with Crippen molar-refractivity contribution in [2.24, 2.45) is 11.8 Å². The third kappa shape index (κ3) is 3.40. The van der Waals surface area contributed by atoms with Crippen LogP contribution in [0.2, 0.25) is 0 Å². The van der Waals surface area contributed by atoms with Crippen molar-refractivity contribution in [2.75, 3.05) is 6.61 Å². The molecule has 1 aromatic carbocycles. The average Bonchev–Trinajstić information content (AvgIpc) is 3.08. The minimum absolute atomic E-state index is 0.101. The van der Waals surface area contributed by atoms with Crippen LogP contribution >= 0.6 is 11.8 Å². The first kappa shape index (κ1) is 15.3.